The predicted molar refractivity (Wildman–Crippen MR) is 127 cm³/mol. The summed E-state index contributed by atoms with van der Waals surface area (Å²) in [5.74, 6) is 1.85. The van der Waals surface area contributed by atoms with E-state index in [1.165, 1.54) is 0 Å². The zero-order valence-electron chi connectivity index (χ0n) is 18.6. The molecule has 9 heteroatoms. The average Bonchev–Trinajstić information content (AvgIpc) is 3.19. The number of piperazine rings is 1. The van der Waals surface area contributed by atoms with Crippen LogP contribution in [0.15, 0.2) is 4.99 Å². The third-order valence-electron chi connectivity index (χ3n) is 7.09. The molecule has 30 heavy (non-hydrogen) atoms. The van der Waals surface area contributed by atoms with Gasteiger partial charge in [0.25, 0.3) is 0 Å². The van der Waals surface area contributed by atoms with Gasteiger partial charge in [-0.2, -0.15) is 0 Å². The normalized spacial score (nSPS) is 31.6. The van der Waals surface area contributed by atoms with Gasteiger partial charge in [0.15, 0.2) is 5.96 Å². The lowest BCUT2D eigenvalue weighted by Gasteiger charge is -2.55. The summed E-state index contributed by atoms with van der Waals surface area (Å²) in [6, 6.07) is 0.418. The van der Waals surface area contributed by atoms with Crippen LogP contribution in [0.2, 0.25) is 0 Å². The molecule has 8 nitrogen and oxygen atoms in total. The number of rotatable bonds is 4. The van der Waals surface area contributed by atoms with Crippen LogP contribution in [0.25, 0.3) is 0 Å². The molecule has 3 atom stereocenters. The predicted octanol–water partition coefficient (Wildman–Crippen LogP) is 0.860. The standard InChI is InChI=1S/C21H37N5O3.HI/c1-4-22-20(23-18-16-5-12-29-19(16)21(18,2)3)26-8-6-24(7-9-26)15-17(27)25-10-13-28-14-11-25;/h16,18-19H,4-15H2,1-3H3,(H,22,23);1H. The summed E-state index contributed by atoms with van der Waals surface area (Å²) in [6.07, 6.45) is 1.52. The van der Waals surface area contributed by atoms with E-state index in [1.54, 1.807) is 0 Å². The summed E-state index contributed by atoms with van der Waals surface area (Å²) in [4.78, 5) is 23.9. The highest BCUT2D eigenvalue weighted by atomic mass is 127. The van der Waals surface area contributed by atoms with Crippen LogP contribution in [0.5, 0.6) is 0 Å². The molecule has 1 N–H and O–H groups in total. The maximum Gasteiger partial charge on any atom is 0.236 e. The molecule has 3 heterocycles. The SMILES string of the molecule is CCN=C(NC1C2CCOC2C1(C)C)N1CCN(CC(=O)N2CCOCC2)CC1.I. The second-order valence-corrected chi connectivity index (χ2v) is 9.24. The van der Waals surface area contributed by atoms with Crippen LogP contribution in [-0.4, -0.2) is 111 Å². The second-order valence-electron chi connectivity index (χ2n) is 9.24. The summed E-state index contributed by atoms with van der Waals surface area (Å²) in [6.45, 7) is 15.2. The molecule has 0 aromatic heterocycles. The lowest BCUT2D eigenvalue weighted by molar-refractivity contribution is -0.136. The molecule has 0 aromatic carbocycles. The first kappa shape index (κ1) is 24.0. The van der Waals surface area contributed by atoms with Crippen LogP contribution in [0.1, 0.15) is 27.2 Å². The maximum absolute atomic E-state index is 12.5. The number of guanidine groups is 1. The number of hydrogen-bond acceptors (Lipinski definition) is 5. The molecule has 0 aromatic rings. The summed E-state index contributed by atoms with van der Waals surface area (Å²) >= 11 is 0. The van der Waals surface area contributed by atoms with Gasteiger partial charge in [-0.05, 0) is 13.3 Å². The monoisotopic (exact) mass is 535 g/mol. The van der Waals surface area contributed by atoms with Gasteiger partial charge in [0.2, 0.25) is 5.91 Å². The van der Waals surface area contributed by atoms with Crippen LogP contribution < -0.4 is 5.32 Å². The second kappa shape index (κ2) is 10.3. The number of ether oxygens (including phenoxy) is 2. The van der Waals surface area contributed by atoms with Crippen molar-refractivity contribution >= 4 is 35.8 Å². The number of carbonyl (C=O) groups excluding carboxylic acids is 1. The molecule has 0 radical (unpaired) electrons. The summed E-state index contributed by atoms with van der Waals surface area (Å²) < 4.78 is 11.3. The Kier molecular flexibility index (Phi) is 8.25. The minimum atomic E-state index is 0. The van der Waals surface area contributed by atoms with E-state index in [-0.39, 0.29) is 35.3 Å². The third kappa shape index (κ3) is 4.88. The Morgan fingerprint density at radius 2 is 1.77 bits per heavy atom. The van der Waals surface area contributed by atoms with Crippen LogP contribution in [-0.2, 0) is 14.3 Å². The Bertz CT molecular complexity index is 618. The van der Waals surface area contributed by atoms with Crippen molar-refractivity contribution < 1.29 is 14.3 Å². The minimum absolute atomic E-state index is 0. The van der Waals surface area contributed by atoms with Crippen LogP contribution >= 0.6 is 24.0 Å². The fourth-order valence-corrected chi connectivity index (χ4v) is 5.36. The van der Waals surface area contributed by atoms with Gasteiger partial charge in [0, 0.05) is 69.8 Å². The Morgan fingerprint density at radius 3 is 2.43 bits per heavy atom. The summed E-state index contributed by atoms with van der Waals surface area (Å²) in [7, 11) is 0. The van der Waals surface area contributed by atoms with Gasteiger partial charge in [-0.15, -0.1) is 24.0 Å². The van der Waals surface area contributed by atoms with Gasteiger partial charge in [0.1, 0.15) is 0 Å². The number of morpholine rings is 1. The molecule has 4 rings (SSSR count). The third-order valence-corrected chi connectivity index (χ3v) is 7.09. The van der Waals surface area contributed by atoms with E-state index in [0.29, 0.717) is 37.8 Å². The van der Waals surface area contributed by atoms with Crippen molar-refractivity contribution in [2.24, 2.45) is 16.3 Å². The highest BCUT2D eigenvalue weighted by Crippen LogP contribution is 2.52. The van der Waals surface area contributed by atoms with Crippen molar-refractivity contribution in [2.75, 3.05) is 72.2 Å². The number of aliphatic imine (C=N–C) groups is 1. The Labute approximate surface area is 197 Å². The first-order valence-electron chi connectivity index (χ1n) is 11.3. The molecular formula is C21H38IN5O3. The van der Waals surface area contributed by atoms with Gasteiger partial charge >= 0.3 is 0 Å². The number of nitrogens with one attached hydrogen (secondary N) is 1. The topological polar surface area (TPSA) is 69.6 Å². The van der Waals surface area contributed by atoms with Crippen molar-refractivity contribution in [3.63, 3.8) is 0 Å². The van der Waals surface area contributed by atoms with Gasteiger partial charge < -0.3 is 24.6 Å². The van der Waals surface area contributed by atoms with Crippen molar-refractivity contribution in [1.82, 2.24) is 20.0 Å². The van der Waals surface area contributed by atoms with Crippen molar-refractivity contribution in [3.05, 3.63) is 0 Å². The van der Waals surface area contributed by atoms with E-state index >= 15 is 0 Å². The maximum atomic E-state index is 12.5. The van der Waals surface area contributed by atoms with Gasteiger partial charge in [0.05, 0.1) is 25.9 Å². The van der Waals surface area contributed by atoms with Gasteiger partial charge in [-0.1, -0.05) is 13.8 Å². The van der Waals surface area contributed by atoms with E-state index in [4.69, 9.17) is 14.5 Å². The van der Waals surface area contributed by atoms with E-state index in [2.05, 4.69) is 35.9 Å². The number of amides is 1. The number of halogens is 1. The summed E-state index contributed by atoms with van der Waals surface area (Å²) in [5.41, 5.74) is 0.141. The highest BCUT2D eigenvalue weighted by molar-refractivity contribution is 14.0. The molecule has 4 aliphatic rings. The lowest BCUT2D eigenvalue weighted by Crippen LogP contribution is -2.68. The van der Waals surface area contributed by atoms with Crippen LogP contribution in [0, 0.1) is 11.3 Å². The van der Waals surface area contributed by atoms with E-state index in [0.717, 1.165) is 64.8 Å². The zero-order chi connectivity index (χ0) is 20.4. The van der Waals surface area contributed by atoms with Gasteiger partial charge in [-0.3, -0.25) is 14.7 Å². The molecule has 3 aliphatic heterocycles. The van der Waals surface area contributed by atoms with Crippen molar-refractivity contribution in [3.8, 4) is 0 Å². The molecule has 172 valence electrons. The molecule has 3 unspecified atom stereocenters. The number of fused-ring (bicyclic) bond motifs is 1. The molecule has 4 fully saturated rings. The largest absolute Gasteiger partial charge is 0.378 e. The molecule has 3 saturated heterocycles. The van der Waals surface area contributed by atoms with Crippen molar-refractivity contribution in [1.29, 1.82) is 0 Å². The smallest absolute Gasteiger partial charge is 0.236 e. The fourth-order valence-electron chi connectivity index (χ4n) is 5.36. The summed E-state index contributed by atoms with van der Waals surface area (Å²) in [5, 5.41) is 3.78. The number of nitrogens with zero attached hydrogens (tertiary/aromatic N) is 4. The van der Waals surface area contributed by atoms with Crippen LogP contribution in [0.3, 0.4) is 0 Å². The lowest BCUT2D eigenvalue weighted by atomic mass is 9.57. The molecule has 0 spiro atoms. The minimum Gasteiger partial charge on any atom is -0.378 e. The molecule has 0 bridgehead atoms. The highest BCUT2D eigenvalue weighted by Gasteiger charge is 2.59. The molecule has 1 aliphatic carbocycles. The fraction of sp³-hybridized carbons (Fsp3) is 0.905. The molecular weight excluding hydrogens is 497 g/mol. The first-order chi connectivity index (χ1) is 14.0. The Hall–Kier alpha value is -0.650. The number of carbonyl (C=O) groups is 1. The van der Waals surface area contributed by atoms with Gasteiger partial charge in [-0.25, -0.2) is 0 Å². The number of hydrogen-bond donors (Lipinski definition) is 1. The zero-order valence-corrected chi connectivity index (χ0v) is 21.0. The molecule has 1 amide bonds. The molecule has 1 saturated carbocycles. The van der Waals surface area contributed by atoms with Crippen molar-refractivity contribution in [2.45, 2.75) is 39.3 Å². The Balaban J connectivity index is 0.00000256. The van der Waals surface area contributed by atoms with E-state index in [1.807, 2.05) is 4.90 Å². The Morgan fingerprint density at radius 1 is 1.07 bits per heavy atom. The van der Waals surface area contributed by atoms with E-state index < -0.39 is 0 Å². The van der Waals surface area contributed by atoms with E-state index in [9.17, 15) is 4.79 Å². The van der Waals surface area contributed by atoms with Crippen LogP contribution in [0.4, 0.5) is 0 Å². The quantitative estimate of drug-likeness (QED) is 0.327. The average molecular weight is 535 g/mol. The first-order valence-corrected chi connectivity index (χ1v) is 11.3.